The highest BCUT2D eigenvalue weighted by Crippen LogP contribution is 2.38. The number of amides is 1. The molecule has 1 heterocycles. The molecule has 1 aliphatic carbocycles. The highest BCUT2D eigenvalue weighted by atomic mass is 35.5. The number of aliphatic hydroxyl groups excluding tert-OH is 1. The fourth-order valence-corrected chi connectivity index (χ4v) is 3.49. The molecule has 1 aliphatic heterocycles. The highest BCUT2D eigenvalue weighted by Gasteiger charge is 2.43. The minimum absolute atomic E-state index is 0.124. The molecule has 6 heteroatoms. The van der Waals surface area contributed by atoms with Gasteiger partial charge in [0.25, 0.3) is 5.91 Å². The summed E-state index contributed by atoms with van der Waals surface area (Å²) in [4.78, 5) is 13.9. The Morgan fingerprint density at radius 2 is 2.24 bits per heavy atom. The number of fused-ring (bicyclic) bond motifs is 1. The van der Waals surface area contributed by atoms with Crippen molar-refractivity contribution in [2.24, 2.45) is 11.8 Å². The minimum atomic E-state index is -0.444. The third-order valence-corrected chi connectivity index (χ3v) is 4.71. The Kier molecular flexibility index (Phi) is 4.04. The molecule has 1 saturated carbocycles. The second kappa shape index (κ2) is 5.81. The number of likely N-dealkylation sites (tertiary alicyclic amines) is 1. The van der Waals surface area contributed by atoms with Crippen LogP contribution in [0.3, 0.4) is 0 Å². The first-order valence-electron chi connectivity index (χ1n) is 7.08. The number of nitrogens with zero attached hydrogens (tertiary/aromatic N) is 1. The van der Waals surface area contributed by atoms with Gasteiger partial charge >= 0.3 is 0 Å². The maximum Gasteiger partial charge on any atom is 0.260 e. The van der Waals surface area contributed by atoms with E-state index in [1.54, 1.807) is 4.90 Å². The molecule has 0 spiro atoms. The third-order valence-electron chi connectivity index (χ3n) is 4.42. The van der Waals surface area contributed by atoms with E-state index in [-0.39, 0.29) is 29.6 Å². The number of carbonyl (C=O) groups excluding carboxylic acids is 1. The minimum Gasteiger partial charge on any atom is -0.482 e. The van der Waals surface area contributed by atoms with Gasteiger partial charge in [0, 0.05) is 19.0 Å². The van der Waals surface area contributed by atoms with Gasteiger partial charge in [0.1, 0.15) is 11.6 Å². The lowest BCUT2D eigenvalue weighted by atomic mass is 10.00. The predicted molar refractivity (Wildman–Crippen MR) is 75.7 cm³/mol. The number of aliphatic hydroxyl groups is 1. The van der Waals surface area contributed by atoms with Crippen LogP contribution in [0.4, 0.5) is 4.39 Å². The van der Waals surface area contributed by atoms with Gasteiger partial charge in [-0.2, -0.15) is 0 Å². The van der Waals surface area contributed by atoms with Crippen LogP contribution in [0.1, 0.15) is 12.8 Å². The van der Waals surface area contributed by atoms with Gasteiger partial charge in [-0.05, 0) is 37.0 Å². The van der Waals surface area contributed by atoms with Crippen LogP contribution < -0.4 is 4.74 Å². The van der Waals surface area contributed by atoms with E-state index in [4.69, 9.17) is 16.3 Å². The second-order valence-corrected chi connectivity index (χ2v) is 6.14. The number of hydrogen-bond acceptors (Lipinski definition) is 3. The van der Waals surface area contributed by atoms with Crippen LogP contribution in [0.5, 0.6) is 5.75 Å². The average Bonchev–Trinajstić information content (AvgIpc) is 3.00. The smallest absolute Gasteiger partial charge is 0.260 e. The predicted octanol–water partition coefficient (Wildman–Crippen LogP) is 2.09. The van der Waals surface area contributed by atoms with Crippen molar-refractivity contribution in [3.63, 3.8) is 0 Å². The molecule has 1 aromatic rings. The molecule has 3 unspecified atom stereocenters. The molecular weight excluding hydrogens is 297 g/mol. The first-order chi connectivity index (χ1) is 10.0. The fraction of sp³-hybridized carbons (Fsp3) is 0.533. The molecule has 114 valence electrons. The van der Waals surface area contributed by atoms with Crippen LogP contribution in [0.2, 0.25) is 5.02 Å². The van der Waals surface area contributed by atoms with Gasteiger partial charge in [-0.25, -0.2) is 4.39 Å². The van der Waals surface area contributed by atoms with Gasteiger partial charge in [-0.15, -0.1) is 0 Å². The molecule has 1 aromatic carbocycles. The zero-order valence-electron chi connectivity index (χ0n) is 11.5. The third kappa shape index (κ3) is 2.99. The summed E-state index contributed by atoms with van der Waals surface area (Å²) in [6.45, 7) is 1.15. The fourth-order valence-electron chi connectivity index (χ4n) is 3.26. The van der Waals surface area contributed by atoms with Crippen LogP contribution >= 0.6 is 11.6 Å². The summed E-state index contributed by atoms with van der Waals surface area (Å²) < 4.78 is 18.3. The van der Waals surface area contributed by atoms with E-state index in [1.807, 2.05) is 0 Å². The van der Waals surface area contributed by atoms with Gasteiger partial charge in [0.2, 0.25) is 0 Å². The summed E-state index contributed by atoms with van der Waals surface area (Å²) in [5, 5.41) is 10.00. The van der Waals surface area contributed by atoms with E-state index >= 15 is 0 Å². The first kappa shape index (κ1) is 14.6. The largest absolute Gasteiger partial charge is 0.482 e. The molecule has 1 amide bonds. The van der Waals surface area contributed by atoms with Crippen molar-refractivity contribution in [2.75, 3.05) is 19.7 Å². The molecule has 0 bridgehead atoms. The van der Waals surface area contributed by atoms with Crippen LogP contribution in [-0.2, 0) is 4.79 Å². The summed E-state index contributed by atoms with van der Waals surface area (Å²) in [6, 6.07) is 3.80. The maximum absolute atomic E-state index is 12.9. The summed E-state index contributed by atoms with van der Waals surface area (Å²) in [6.07, 6.45) is 1.51. The SMILES string of the molecule is O=C(COc1ccc(F)cc1Cl)N1CC2CCC(O)C2C1. The lowest BCUT2D eigenvalue weighted by Crippen LogP contribution is -2.34. The van der Waals surface area contributed by atoms with Crippen molar-refractivity contribution in [2.45, 2.75) is 18.9 Å². The second-order valence-electron chi connectivity index (χ2n) is 5.73. The molecule has 2 fully saturated rings. The summed E-state index contributed by atoms with van der Waals surface area (Å²) in [5.41, 5.74) is 0. The number of carbonyl (C=O) groups is 1. The van der Waals surface area contributed by atoms with Gasteiger partial charge in [0.15, 0.2) is 6.61 Å². The highest BCUT2D eigenvalue weighted by molar-refractivity contribution is 6.32. The number of hydrogen-bond donors (Lipinski definition) is 1. The lowest BCUT2D eigenvalue weighted by molar-refractivity contribution is -0.132. The van der Waals surface area contributed by atoms with Crippen molar-refractivity contribution < 1.29 is 19.0 Å². The van der Waals surface area contributed by atoms with Gasteiger partial charge in [0.05, 0.1) is 11.1 Å². The van der Waals surface area contributed by atoms with Crippen molar-refractivity contribution in [3.05, 3.63) is 29.0 Å². The molecule has 21 heavy (non-hydrogen) atoms. The van der Waals surface area contributed by atoms with Crippen LogP contribution in [0, 0.1) is 17.7 Å². The maximum atomic E-state index is 12.9. The Hall–Kier alpha value is -1.33. The van der Waals surface area contributed by atoms with Crippen molar-refractivity contribution in [1.82, 2.24) is 4.90 Å². The van der Waals surface area contributed by atoms with E-state index in [2.05, 4.69) is 0 Å². The van der Waals surface area contributed by atoms with Gasteiger partial charge in [-0.3, -0.25) is 4.79 Å². The molecule has 0 radical (unpaired) electrons. The van der Waals surface area contributed by atoms with E-state index in [0.29, 0.717) is 24.8 Å². The molecule has 3 rings (SSSR count). The van der Waals surface area contributed by atoms with E-state index in [1.165, 1.54) is 12.1 Å². The molecule has 0 aromatic heterocycles. The van der Waals surface area contributed by atoms with Crippen LogP contribution in [0.15, 0.2) is 18.2 Å². The Labute approximate surface area is 127 Å². The Morgan fingerprint density at radius 3 is 2.95 bits per heavy atom. The van der Waals surface area contributed by atoms with E-state index < -0.39 is 5.82 Å². The number of benzene rings is 1. The summed E-state index contributed by atoms with van der Waals surface area (Å²) in [7, 11) is 0. The quantitative estimate of drug-likeness (QED) is 0.929. The summed E-state index contributed by atoms with van der Waals surface area (Å²) in [5.74, 6) is 0.324. The van der Waals surface area contributed by atoms with Crippen molar-refractivity contribution in [1.29, 1.82) is 0 Å². The molecule has 1 saturated heterocycles. The van der Waals surface area contributed by atoms with E-state index in [9.17, 15) is 14.3 Å². The molecular formula is C15H17ClFNO3. The zero-order valence-corrected chi connectivity index (χ0v) is 12.2. The Morgan fingerprint density at radius 1 is 1.43 bits per heavy atom. The number of ether oxygens (including phenoxy) is 1. The standard InChI is InChI=1S/C15H17ClFNO3/c16-12-5-10(17)2-4-14(12)21-8-15(20)18-6-9-1-3-13(19)11(9)7-18/h2,4-5,9,11,13,19H,1,3,6-8H2. The Balaban J connectivity index is 1.55. The normalized spacial score (nSPS) is 27.8. The lowest BCUT2D eigenvalue weighted by Gasteiger charge is -2.18. The number of halogens is 2. The molecule has 2 aliphatic rings. The first-order valence-corrected chi connectivity index (χ1v) is 7.46. The molecule has 3 atom stereocenters. The molecule has 4 nitrogen and oxygen atoms in total. The Bertz CT molecular complexity index is 554. The average molecular weight is 314 g/mol. The topological polar surface area (TPSA) is 49.8 Å². The van der Waals surface area contributed by atoms with E-state index in [0.717, 1.165) is 18.9 Å². The van der Waals surface area contributed by atoms with Crippen LogP contribution in [-0.4, -0.2) is 41.7 Å². The molecule has 1 N–H and O–H groups in total. The van der Waals surface area contributed by atoms with Gasteiger partial charge in [-0.1, -0.05) is 11.6 Å². The van der Waals surface area contributed by atoms with Gasteiger partial charge < -0.3 is 14.7 Å². The van der Waals surface area contributed by atoms with Crippen LogP contribution in [0.25, 0.3) is 0 Å². The monoisotopic (exact) mass is 313 g/mol. The number of rotatable bonds is 3. The summed E-state index contributed by atoms with van der Waals surface area (Å²) >= 11 is 5.85. The zero-order chi connectivity index (χ0) is 15.0. The van der Waals surface area contributed by atoms with Crippen molar-refractivity contribution >= 4 is 17.5 Å². The van der Waals surface area contributed by atoms with Crippen molar-refractivity contribution in [3.8, 4) is 5.75 Å².